The maximum absolute atomic E-state index is 12.2. The fourth-order valence-corrected chi connectivity index (χ4v) is 3.65. The third kappa shape index (κ3) is 4.01. The van der Waals surface area contributed by atoms with E-state index in [9.17, 15) is 4.79 Å². The van der Waals surface area contributed by atoms with E-state index in [1.165, 1.54) is 24.6 Å². The predicted molar refractivity (Wildman–Crippen MR) is 100 cm³/mol. The summed E-state index contributed by atoms with van der Waals surface area (Å²) in [7, 11) is 0. The van der Waals surface area contributed by atoms with E-state index < -0.39 is 0 Å². The van der Waals surface area contributed by atoms with Gasteiger partial charge in [0.2, 0.25) is 5.91 Å². The van der Waals surface area contributed by atoms with Crippen LogP contribution in [-0.2, 0) is 4.79 Å². The molecule has 136 valence electrons. The molecular formula is C18H20N4O3S. The molecule has 2 aromatic rings. The van der Waals surface area contributed by atoms with Crippen LogP contribution in [-0.4, -0.2) is 47.9 Å². The maximum atomic E-state index is 12.2. The fraction of sp³-hybridized carbons (Fsp3) is 0.389. The molecular weight excluding hydrogens is 352 g/mol. The van der Waals surface area contributed by atoms with Gasteiger partial charge in [-0.1, -0.05) is 11.8 Å². The SMILES string of the molecule is O=C(CSc1cc(N2CCCC2)ncn1)Nc1ccc2c(c1)OCCO2. The molecule has 0 radical (unpaired) electrons. The summed E-state index contributed by atoms with van der Waals surface area (Å²) >= 11 is 1.40. The van der Waals surface area contributed by atoms with E-state index in [1.807, 2.05) is 18.2 Å². The zero-order valence-corrected chi connectivity index (χ0v) is 15.1. The second-order valence-electron chi connectivity index (χ2n) is 6.10. The van der Waals surface area contributed by atoms with Crippen molar-refractivity contribution in [3.05, 3.63) is 30.6 Å². The molecule has 0 unspecified atom stereocenters. The Kier molecular flexibility index (Phi) is 5.10. The molecule has 26 heavy (non-hydrogen) atoms. The van der Waals surface area contributed by atoms with E-state index in [0.29, 0.717) is 30.4 Å². The van der Waals surface area contributed by atoms with E-state index in [1.54, 1.807) is 12.4 Å². The first-order chi connectivity index (χ1) is 12.8. The molecule has 0 bridgehead atoms. The quantitative estimate of drug-likeness (QED) is 0.638. The highest BCUT2D eigenvalue weighted by atomic mass is 32.2. The van der Waals surface area contributed by atoms with Gasteiger partial charge in [0.1, 0.15) is 30.4 Å². The second-order valence-corrected chi connectivity index (χ2v) is 7.10. The number of hydrogen-bond acceptors (Lipinski definition) is 7. The minimum Gasteiger partial charge on any atom is -0.486 e. The number of benzene rings is 1. The lowest BCUT2D eigenvalue weighted by Gasteiger charge is -2.19. The third-order valence-corrected chi connectivity index (χ3v) is 5.16. The molecule has 3 heterocycles. The molecule has 2 aliphatic heterocycles. The highest BCUT2D eigenvalue weighted by molar-refractivity contribution is 7.99. The van der Waals surface area contributed by atoms with Gasteiger partial charge >= 0.3 is 0 Å². The largest absolute Gasteiger partial charge is 0.486 e. The average molecular weight is 372 g/mol. The lowest BCUT2D eigenvalue weighted by atomic mass is 10.2. The Labute approximate surface area is 156 Å². The lowest BCUT2D eigenvalue weighted by Crippen LogP contribution is -2.19. The Bertz CT molecular complexity index is 796. The molecule has 2 aliphatic rings. The summed E-state index contributed by atoms with van der Waals surface area (Å²) in [5, 5.41) is 3.69. The van der Waals surface area contributed by atoms with Crippen molar-refractivity contribution in [3.8, 4) is 11.5 Å². The summed E-state index contributed by atoms with van der Waals surface area (Å²) in [4.78, 5) is 23.1. The van der Waals surface area contributed by atoms with Gasteiger partial charge in [-0.15, -0.1) is 0 Å². The van der Waals surface area contributed by atoms with E-state index in [4.69, 9.17) is 9.47 Å². The van der Waals surface area contributed by atoms with Crippen molar-refractivity contribution in [2.24, 2.45) is 0 Å². The Balaban J connectivity index is 1.33. The summed E-state index contributed by atoms with van der Waals surface area (Å²) in [6, 6.07) is 7.36. The van der Waals surface area contributed by atoms with Gasteiger partial charge in [0.05, 0.1) is 5.75 Å². The number of rotatable bonds is 5. The fourth-order valence-electron chi connectivity index (χ4n) is 2.99. The Morgan fingerprint density at radius 1 is 1.12 bits per heavy atom. The third-order valence-electron chi connectivity index (χ3n) is 4.23. The summed E-state index contributed by atoms with van der Waals surface area (Å²) in [6.07, 6.45) is 3.96. The van der Waals surface area contributed by atoms with Gasteiger partial charge in [-0.3, -0.25) is 4.79 Å². The number of amides is 1. The first kappa shape index (κ1) is 17.0. The van der Waals surface area contributed by atoms with Crippen LogP contribution in [0, 0.1) is 0 Å². The monoisotopic (exact) mass is 372 g/mol. The number of fused-ring (bicyclic) bond motifs is 1. The number of nitrogens with one attached hydrogen (secondary N) is 1. The Morgan fingerprint density at radius 2 is 1.92 bits per heavy atom. The van der Waals surface area contributed by atoms with E-state index in [2.05, 4.69) is 20.2 Å². The van der Waals surface area contributed by atoms with Crippen LogP contribution >= 0.6 is 11.8 Å². The van der Waals surface area contributed by atoms with Crippen LogP contribution in [0.4, 0.5) is 11.5 Å². The number of thioether (sulfide) groups is 1. The molecule has 1 N–H and O–H groups in total. The Hall–Kier alpha value is -2.48. The van der Waals surface area contributed by atoms with Crippen molar-refractivity contribution in [3.63, 3.8) is 0 Å². The summed E-state index contributed by atoms with van der Waals surface area (Å²) in [6.45, 7) is 3.14. The van der Waals surface area contributed by atoms with Gasteiger partial charge < -0.3 is 19.7 Å². The lowest BCUT2D eigenvalue weighted by molar-refractivity contribution is -0.113. The molecule has 0 atom stereocenters. The number of ether oxygens (including phenoxy) is 2. The van der Waals surface area contributed by atoms with Crippen LogP contribution < -0.4 is 19.7 Å². The van der Waals surface area contributed by atoms with Crippen molar-refractivity contribution in [1.29, 1.82) is 0 Å². The number of hydrogen-bond donors (Lipinski definition) is 1. The number of carbonyl (C=O) groups excluding carboxylic acids is 1. The zero-order valence-electron chi connectivity index (χ0n) is 14.3. The van der Waals surface area contributed by atoms with E-state index >= 15 is 0 Å². The van der Waals surface area contributed by atoms with Crippen molar-refractivity contribution in [2.45, 2.75) is 17.9 Å². The first-order valence-corrected chi connectivity index (χ1v) is 9.66. The summed E-state index contributed by atoms with van der Waals surface area (Å²) < 4.78 is 11.0. The smallest absolute Gasteiger partial charge is 0.234 e. The molecule has 1 fully saturated rings. The highest BCUT2D eigenvalue weighted by Gasteiger charge is 2.15. The van der Waals surface area contributed by atoms with E-state index in [0.717, 1.165) is 23.9 Å². The minimum atomic E-state index is -0.0898. The van der Waals surface area contributed by atoms with E-state index in [-0.39, 0.29) is 11.7 Å². The van der Waals surface area contributed by atoms with Gasteiger partial charge in [-0.05, 0) is 25.0 Å². The number of carbonyl (C=O) groups is 1. The predicted octanol–water partition coefficient (Wildman–Crippen LogP) is 2.58. The second kappa shape index (κ2) is 7.82. The zero-order chi connectivity index (χ0) is 17.8. The molecule has 0 saturated carbocycles. The number of anilines is 2. The summed E-state index contributed by atoms with van der Waals surface area (Å²) in [5.74, 6) is 2.50. The summed E-state index contributed by atoms with van der Waals surface area (Å²) in [5.41, 5.74) is 0.695. The average Bonchev–Trinajstić information content (AvgIpc) is 3.21. The van der Waals surface area contributed by atoms with Gasteiger partial charge in [-0.2, -0.15) is 0 Å². The van der Waals surface area contributed by atoms with Gasteiger partial charge in [-0.25, -0.2) is 9.97 Å². The molecule has 0 spiro atoms. The van der Waals surface area contributed by atoms with Crippen LogP contribution in [0.3, 0.4) is 0 Å². The Morgan fingerprint density at radius 3 is 2.77 bits per heavy atom. The molecule has 1 aromatic carbocycles. The number of aromatic nitrogens is 2. The van der Waals surface area contributed by atoms with Crippen LogP contribution in [0.2, 0.25) is 0 Å². The molecule has 1 aromatic heterocycles. The molecule has 4 rings (SSSR count). The standard InChI is InChI=1S/C18H20N4O3S/c23-17(21-13-3-4-14-15(9-13)25-8-7-24-14)11-26-18-10-16(19-12-20-18)22-5-1-2-6-22/h3-4,9-10,12H,1-2,5-8,11H2,(H,21,23). The molecule has 7 nitrogen and oxygen atoms in total. The molecule has 0 aliphatic carbocycles. The normalized spacial score (nSPS) is 15.8. The van der Waals surface area contributed by atoms with Crippen LogP contribution in [0.5, 0.6) is 11.5 Å². The van der Waals surface area contributed by atoms with Crippen molar-refractivity contribution < 1.29 is 14.3 Å². The van der Waals surface area contributed by atoms with Crippen LogP contribution in [0.15, 0.2) is 35.6 Å². The van der Waals surface area contributed by atoms with Gasteiger partial charge in [0, 0.05) is 30.9 Å². The van der Waals surface area contributed by atoms with Crippen LogP contribution in [0.1, 0.15) is 12.8 Å². The van der Waals surface area contributed by atoms with Crippen molar-refractivity contribution >= 4 is 29.2 Å². The van der Waals surface area contributed by atoms with Crippen molar-refractivity contribution in [2.75, 3.05) is 42.3 Å². The molecule has 1 saturated heterocycles. The minimum absolute atomic E-state index is 0.0898. The molecule has 8 heteroatoms. The molecule has 1 amide bonds. The maximum Gasteiger partial charge on any atom is 0.234 e. The van der Waals surface area contributed by atoms with Crippen molar-refractivity contribution in [1.82, 2.24) is 9.97 Å². The van der Waals surface area contributed by atoms with Gasteiger partial charge in [0.25, 0.3) is 0 Å². The first-order valence-electron chi connectivity index (χ1n) is 8.67. The number of nitrogens with zero attached hydrogens (tertiary/aromatic N) is 3. The van der Waals surface area contributed by atoms with Crippen LogP contribution in [0.25, 0.3) is 0 Å². The van der Waals surface area contributed by atoms with Gasteiger partial charge in [0.15, 0.2) is 11.5 Å². The topological polar surface area (TPSA) is 76.6 Å². The highest BCUT2D eigenvalue weighted by Crippen LogP contribution is 2.32.